The number of aromatic nitrogens is 2. The zero-order chi connectivity index (χ0) is 12.5. The fourth-order valence-corrected chi connectivity index (χ4v) is 2.09. The Bertz CT molecular complexity index is 563. The van der Waals surface area contributed by atoms with Crippen molar-refractivity contribution >= 4 is 11.6 Å². The average molecular weight is 266 g/mol. The molecule has 1 aliphatic rings. The second-order valence-electron chi connectivity index (χ2n) is 4.52. The number of halogens is 2. The van der Waals surface area contributed by atoms with Crippen LogP contribution in [0.25, 0.3) is 11.3 Å². The molecule has 18 heavy (non-hydrogen) atoms. The first kappa shape index (κ1) is 11.7. The second kappa shape index (κ2) is 4.71. The largest absolute Gasteiger partial charge is 0.341 e. The number of H-pyrrole nitrogens is 1. The predicted molar refractivity (Wildman–Crippen MR) is 68.9 cm³/mol. The van der Waals surface area contributed by atoms with Crippen LogP contribution < -0.4 is 5.32 Å². The number of hydrogen-bond donors (Lipinski definition) is 2. The Hall–Kier alpha value is -1.39. The van der Waals surface area contributed by atoms with Crippen LogP contribution in [0.3, 0.4) is 0 Å². The molecule has 1 saturated carbocycles. The first-order chi connectivity index (χ1) is 8.72. The van der Waals surface area contributed by atoms with Crippen molar-refractivity contribution in [3.05, 3.63) is 41.1 Å². The van der Waals surface area contributed by atoms with Gasteiger partial charge in [0.1, 0.15) is 11.6 Å². The molecule has 1 aromatic heterocycles. The molecule has 5 heteroatoms. The van der Waals surface area contributed by atoms with E-state index in [1.54, 1.807) is 12.3 Å². The number of rotatable bonds is 4. The van der Waals surface area contributed by atoms with Gasteiger partial charge in [-0.05, 0) is 31.0 Å². The van der Waals surface area contributed by atoms with Crippen LogP contribution in [0, 0.1) is 5.82 Å². The molecule has 0 spiro atoms. The maximum atomic E-state index is 13.0. The summed E-state index contributed by atoms with van der Waals surface area (Å²) < 4.78 is 13.0. The van der Waals surface area contributed by atoms with Gasteiger partial charge >= 0.3 is 0 Å². The van der Waals surface area contributed by atoms with Crippen molar-refractivity contribution in [1.82, 2.24) is 15.3 Å². The van der Waals surface area contributed by atoms with Crippen LogP contribution in [0.5, 0.6) is 0 Å². The molecule has 2 aromatic rings. The summed E-state index contributed by atoms with van der Waals surface area (Å²) in [4.78, 5) is 7.48. The molecule has 1 aliphatic carbocycles. The highest BCUT2D eigenvalue weighted by Crippen LogP contribution is 2.27. The van der Waals surface area contributed by atoms with Crippen molar-refractivity contribution < 1.29 is 4.39 Å². The van der Waals surface area contributed by atoms with E-state index in [2.05, 4.69) is 15.3 Å². The maximum absolute atomic E-state index is 13.0. The summed E-state index contributed by atoms with van der Waals surface area (Å²) >= 11 is 6.01. The lowest BCUT2D eigenvalue weighted by Gasteiger charge is -2.01. The third kappa shape index (κ3) is 2.54. The van der Waals surface area contributed by atoms with Gasteiger partial charge in [0.2, 0.25) is 0 Å². The molecule has 0 atom stereocenters. The van der Waals surface area contributed by atoms with E-state index in [4.69, 9.17) is 11.6 Å². The number of nitrogens with one attached hydrogen (secondary N) is 2. The number of aromatic amines is 1. The number of imidazole rings is 1. The highest BCUT2D eigenvalue weighted by molar-refractivity contribution is 6.33. The van der Waals surface area contributed by atoms with Crippen molar-refractivity contribution in [3.8, 4) is 11.3 Å². The van der Waals surface area contributed by atoms with Crippen LogP contribution in [0.1, 0.15) is 18.7 Å². The fourth-order valence-electron chi connectivity index (χ4n) is 1.83. The summed E-state index contributed by atoms with van der Waals surface area (Å²) in [6.07, 6.45) is 4.22. The molecule has 0 bridgehead atoms. The van der Waals surface area contributed by atoms with Crippen molar-refractivity contribution in [2.24, 2.45) is 0 Å². The van der Waals surface area contributed by atoms with Gasteiger partial charge in [0.05, 0.1) is 23.5 Å². The molecule has 0 aliphatic heterocycles. The molecule has 0 unspecified atom stereocenters. The van der Waals surface area contributed by atoms with Gasteiger partial charge in [0.15, 0.2) is 0 Å². The van der Waals surface area contributed by atoms with Gasteiger partial charge < -0.3 is 10.3 Å². The highest BCUT2D eigenvalue weighted by Gasteiger charge is 2.20. The van der Waals surface area contributed by atoms with E-state index in [-0.39, 0.29) is 5.82 Å². The topological polar surface area (TPSA) is 40.7 Å². The molecule has 1 heterocycles. The van der Waals surface area contributed by atoms with Crippen molar-refractivity contribution in [2.45, 2.75) is 25.4 Å². The summed E-state index contributed by atoms with van der Waals surface area (Å²) in [5.74, 6) is 0.538. The van der Waals surface area contributed by atoms with Crippen LogP contribution in [-0.2, 0) is 6.54 Å². The number of nitrogens with zero attached hydrogens (tertiary/aromatic N) is 1. The van der Waals surface area contributed by atoms with Crippen LogP contribution >= 0.6 is 11.6 Å². The van der Waals surface area contributed by atoms with E-state index < -0.39 is 0 Å². The lowest BCUT2D eigenvalue weighted by molar-refractivity contribution is 0.628. The first-order valence-electron chi connectivity index (χ1n) is 5.95. The summed E-state index contributed by atoms with van der Waals surface area (Å²) in [5.41, 5.74) is 1.58. The summed E-state index contributed by atoms with van der Waals surface area (Å²) in [5, 5.41) is 3.76. The van der Waals surface area contributed by atoms with E-state index in [0.717, 1.165) is 23.6 Å². The van der Waals surface area contributed by atoms with Gasteiger partial charge in [-0.1, -0.05) is 11.6 Å². The zero-order valence-electron chi connectivity index (χ0n) is 9.71. The van der Waals surface area contributed by atoms with E-state index in [0.29, 0.717) is 11.1 Å². The van der Waals surface area contributed by atoms with Gasteiger partial charge in [-0.15, -0.1) is 0 Å². The molecular weight excluding hydrogens is 253 g/mol. The Kier molecular flexibility index (Phi) is 3.06. The first-order valence-corrected chi connectivity index (χ1v) is 6.33. The van der Waals surface area contributed by atoms with E-state index >= 15 is 0 Å². The molecule has 0 amide bonds. The van der Waals surface area contributed by atoms with Crippen LogP contribution in [0.4, 0.5) is 4.39 Å². The van der Waals surface area contributed by atoms with Gasteiger partial charge in [-0.3, -0.25) is 0 Å². The zero-order valence-corrected chi connectivity index (χ0v) is 10.5. The summed E-state index contributed by atoms with van der Waals surface area (Å²) in [6.45, 7) is 0.726. The Morgan fingerprint density at radius 2 is 2.28 bits per heavy atom. The minimum absolute atomic E-state index is 0.334. The highest BCUT2D eigenvalue weighted by atomic mass is 35.5. The molecule has 1 fully saturated rings. The van der Waals surface area contributed by atoms with E-state index in [9.17, 15) is 4.39 Å². The quantitative estimate of drug-likeness (QED) is 0.892. The minimum Gasteiger partial charge on any atom is -0.341 e. The Labute approximate surface area is 109 Å². The van der Waals surface area contributed by atoms with Gasteiger partial charge in [0, 0.05) is 11.6 Å². The van der Waals surface area contributed by atoms with Crippen LogP contribution in [-0.4, -0.2) is 16.0 Å². The lowest BCUT2D eigenvalue weighted by Crippen LogP contribution is -2.16. The lowest BCUT2D eigenvalue weighted by atomic mass is 10.2. The Morgan fingerprint density at radius 1 is 1.44 bits per heavy atom. The Balaban J connectivity index is 1.78. The molecule has 1 aromatic carbocycles. The molecule has 94 valence electrons. The van der Waals surface area contributed by atoms with E-state index in [1.807, 2.05) is 0 Å². The molecular formula is C13H13ClFN3. The van der Waals surface area contributed by atoms with Crippen molar-refractivity contribution in [1.29, 1.82) is 0 Å². The second-order valence-corrected chi connectivity index (χ2v) is 4.93. The van der Waals surface area contributed by atoms with Gasteiger partial charge in [-0.25, -0.2) is 9.37 Å². The fraction of sp³-hybridized carbons (Fsp3) is 0.308. The minimum atomic E-state index is -0.334. The normalized spacial score (nSPS) is 15.0. The van der Waals surface area contributed by atoms with Crippen molar-refractivity contribution in [3.63, 3.8) is 0 Å². The molecule has 2 N–H and O–H groups in total. The maximum Gasteiger partial charge on any atom is 0.124 e. The van der Waals surface area contributed by atoms with Crippen molar-refractivity contribution in [2.75, 3.05) is 0 Å². The third-order valence-corrected chi connectivity index (χ3v) is 3.30. The van der Waals surface area contributed by atoms with Crippen LogP contribution in [0.2, 0.25) is 5.02 Å². The molecule has 3 nitrogen and oxygen atoms in total. The third-order valence-electron chi connectivity index (χ3n) is 2.99. The standard InChI is InChI=1S/C13H13ClFN3/c14-11-5-8(15)1-4-10(11)12-6-17-13(18-12)7-16-9-2-3-9/h1,4-6,9,16H,2-3,7H2,(H,17,18). The molecule has 3 rings (SSSR count). The predicted octanol–water partition coefficient (Wildman–Crippen LogP) is 3.12. The smallest absolute Gasteiger partial charge is 0.124 e. The number of benzene rings is 1. The Morgan fingerprint density at radius 3 is 3.00 bits per heavy atom. The molecule has 0 radical (unpaired) electrons. The van der Waals surface area contributed by atoms with Gasteiger partial charge in [-0.2, -0.15) is 0 Å². The number of hydrogen-bond acceptors (Lipinski definition) is 2. The van der Waals surface area contributed by atoms with E-state index in [1.165, 1.54) is 25.0 Å². The van der Waals surface area contributed by atoms with Crippen LogP contribution in [0.15, 0.2) is 24.4 Å². The summed E-state index contributed by atoms with van der Waals surface area (Å²) in [7, 11) is 0. The SMILES string of the molecule is Fc1ccc(-c2cnc(CNC3CC3)[nH]2)c(Cl)c1. The molecule has 0 saturated heterocycles. The average Bonchev–Trinajstić information content (AvgIpc) is 3.05. The monoisotopic (exact) mass is 265 g/mol. The van der Waals surface area contributed by atoms with Gasteiger partial charge in [0.25, 0.3) is 0 Å². The summed E-state index contributed by atoms with van der Waals surface area (Å²) in [6, 6.07) is 5.00.